The lowest BCUT2D eigenvalue weighted by Crippen LogP contribution is -1.99. The molecule has 0 saturated heterocycles. The average molecular weight is 237 g/mol. The molecule has 0 spiro atoms. The summed E-state index contributed by atoms with van der Waals surface area (Å²) in [6.07, 6.45) is 8.78. The molecule has 1 aliphatic rings. The van der Waals surface area contributed by atoms with E-state index in [0.717, 1.165) is 18.4 Å². The predicted octanol–water partition coefficient (Wildman–Crippen LogP) is 1.67. The SMILES string of the molecule is c1cncc(-c2nc3ncc4c(n3n2)CCC4)c1. The van der Waals surface area contributed by atoms with Crippen LogP contribution in [0.1, 0.15) is 17.7 Å². The third-order valence-electron chi connectivity index (χ3n) is 3.33. The first-order valence-electron chi connectivity index (χ1n) is 6.06. The molecule has 0 fully saturated rings. The summed E-state index contributed by atoms with van der Waals surface area (Å²) in [4.78, 5) is 12.9. The van der Waals surface area contributed by atoms with E-state index in [1.54, 1.807) is 12.4 Å². The Morgan fingerprint density at radius 3 is 3.06 bits per heavy atom. The number of rotatable bonds is 1. The van der Waals surface area contributed by atoms with E-state index < -0.39 is 0 Å². The fourth-order valence-electron chi connectivity index (χ4n) is 2.45. The van der Waals surface area contributed by atoms with Gasteiger partial charge in [-0.2, -0.15) is 4.98 Å². The van der Waals surface area contributed by atoms with E-state index >= 15 is 0 Å². The second-order valence-electron chi connectivity index (χ2n) is 4.47. The van der Waals surface area contributed by atoms with Gasteiger partial charge < -0.3 is 0 Å². The van der Waals surface area contributed by atoms with Crippen molar-refractivity contribution in [3.63, 3.8) is 0 Å². The summed E-state index contributed by atoms with van der Waals surface area (Å²) < 4.78 is 1.88. The standard InChI is InChI=1S/C13H11N5/c1-3-9-8-15-13-16-12(10-4-2-6-14-7-10)17-18(13)11(9)5-1/h2,4,6-8H,1,3,5H2. The van der Waals surface area contributed by atoms with Crippen molar-refractivity contribution in [2.45, 2.75) is 19.3 Å². The summed E-state index contributed by atoms with van der Waals surface area (Å²) in [6.45, 7) is 0. The Kier molecular flexibility index (Phi) is 1.94. The molecule has 5 nitrogen and oxygen atoms in total. The first-order chi connectivity index (χ1) is 8.92. The quantitative estimate of drug-likeness (QED) is 0.646. The number of hydrogen-bond donors (Lipinski definition) is 0. The van der Waals surface area contributed by atoms with Crippen molar-refractivity contribution in [2.75, 3.05) is 0 Å². The maximum Gasteiger partial charge on any atom is 0.252 e. The highest BCUT2D eigenvalue weighted by molar-refractivity contribution is 5.55. The molecule has 0 aromatic carbocycles. The molecule has 3 aromatic rings. The van der Waals surface area contributed by atoms with Gasteiger partial charge in [0.15, 0.2) is 5.82 Å². The van der Waals surface area contributed by atoms with Crippen molar-refractivity contribution in [3.05, 3.63) is 42.0 Å². The van der Waals surface area contributed by atoms with E-state index in [9.17, 15) is 0 Å². The van der Waals surface area contributed by atoms with Gasteiger partial charge in [0.25, 0.3) is 5.78 Å². The first kappa shape index (κ1) is 9.70. The molecule has 4 rings (SSSR count). The summed E-state index contributed by atoms with van der Waals surface area (Å²) in [5.41, 5.74) is 3.47. The molecule has 0 amide bonds. The maximum atomic E-state index is 4.56. The van der Waals surface area contributed by atoms with Crippen molar-refractivity contribution in [2.24, 2.45) is 0 Å². The molecular weight excluding hydrogens is 226 g/mol. The average Bonchev–Trinajstić information content (AvgIpc) is 3.05. The Morgan fingerprint density at radius 1 is 1.17 bits per heavy atom. The molecule has 0 unspecified atom stereocenters. The lowest BCUT2D eigenvalue weighted by molar-refractivity contribution is 0.838. The monoisotopic (exact) mass is 237 g/mol. The van der Waals surface area contributed by atoms with E-state index in [1.165, 1.54) is 17.7 Å². The molecule has 3 aromatic heterocycles. The van der Waals surface area contributed by atoms with Crippen LogP contribution in [0.3, 0.4) is 0 Å². The normalized spacial score (nSPS) is 14.0. The highest BCUT2D eigenvalue weighted by Crippen LogP contribution is 2.22. The van der Waals surface area contributed by atoms with Crippen LogP contribution in [0.15, 0.2) is 30.7 Å². The summed E-state index contributed by atoms with van der Waals surface area (Å²) in [5, 5.41) is 4.56. The molecule has 1 aliphatic carbocycles. The van der Waals surface area contributed by atoms with E-state index in [0.29, 0.717) is 11.6 Å². The fraction of sp³-hybridized carbons (Fsp3) is 0.231. The lowest BCUT2D eigenvalue weighted by atomic mass is 10.3. The van der Waals surface area contributed by atoms with Gasteiger partial charge in [-0.05, 0) is 37.0 Å². The number of nitrogens with zero attached hydrogens (tertiary/aromatic N) is 5. The Bertz CT molecular complexity index is 717. The second kappa shape index (κ2) is 3.60. The summed E-state index contributed by atoms with van der Waals surface area (Å²) in [6, 6.07) is 3.85. The van der Waals surface area contributed by atoms with Gasteiger partial charge in [0.05, 0.1) is 5.69 Å². The number of fused-ring (bicyclic) bond motifs is 3. The van der Waals surface area contributed by atoms with Crippen LogP contribution in [0.2, 0.25) is 0 Å². The maximum absolute atomic E-state index is 4.56. The van der Waals surface area contributed by atoms with Crippen LogP contribution in [-0.4, -0.2) is 24.6 Å². The van der Waals surface area contributed by atoms with Crippen LogP contribution in [-0.2, 0) is 12.8 Å². The molecule has 0 atom stereocenters. The Hall–Kier alpha value is -2.30. The van der Waals surface area contributed by atoms with Crippen molar-refractivity contribution < 1.29 is 0 Å². The third-order valence-corrected chi connectivity index (χ3v) is 3.33. The van der Waals surface area contributed by atoms with Gasteiger partial charge in [-0.3, -0.25) is 4.98 Å². The van der Waals surface area contributed by atoms with Crippen LogP contribution in [0.5, 0.6) is 0 Å². The highest BCUT2D eigenvalue weighted by atomic mass is 15.3. The van der Waals surface area contributed by atoms with E-state index in [4.69, 9.17) is 0 Å². The smallest absolute Gasteiger partial charge is 0.252 e. The van der Waals surface area contributed by atoms with Crippen LogP contribution in [0.4, 0.5) is 0 Å². The minimum absolute atomic E-state index is 0.675. The summed E-state index contributed by atoms with van der Waals surface area (Å²) in [5.74, 6) is 1.37. The number of aryl methyl sites for hydroxylation is 2. The van der Waals surface area contributed by atoms with Crippen LogP contribution < -0.4 is 0 Å². The van der Waals surface area contributed by atoms with E-state index in [1.807, 2.05) is 22.8 Å². The topological polar surface area (TPSA) is 56.0 Å². The van der Waals surface area contributed by atoms with Gasteiger partial charge in [0.1, 0.15) is 0 Å². The van der Waals surface area contributed by atoms with Crippen molar-refractivity contribution >= 4 is 5.78 Å². The first-order valence-corrected chi connectivity index (χ1v) is 6.06. The molecule has 0 aliphatic heterocycles. The zero-order chi connectivity index (χ0) is 11.9. The van der Waals surface area contributed by atoms with Crippen molar-refractivity contribution in [1.29, 1.82) is 0 Å². The van der Waals surface area contributed by atoms with Crippen molar-refractivity contribution in [1.82, 2.24) is 24.6 Å². The van der Waals surface area contributed by atoms with Gasteiger partial charge in [-0.1, -0.05) is 0 Å². The lowest BCUT2D eigenvalue weighted by Gasteiger charge is -1.99. The summed E-state index contributed by atoms with van der Waals surface area (Å²) >= 11 is 0. The Morgan fingerprint density at radius 2 is 2.17 bits per heavy atom. The van der Waals surface area contributed by atoms with Gasteiger partial charge >= 0.3 is 0 Å². The second-order valence-corrected chi connectivity index (χ2v) is 4.47. The predicted molar refractivity (Wildman–Crippen MR) is 66.0 cm³/mol. The number of pyridine rings is 1. The number of hydrogen-bond acceptors (Lipinski definition) is 4. The molecular formula is C13H11N5. The molecule has 0 radical (unpaired) electrons. The van der Waals surface area contributed by atoms with Crippen LogP contribution in [0.25, 0.3) is 17.2 Å². The molecule has 88 valence electrons. The molecule has 0 bridgehead atoms. The van der Waals surface area contributed by atoms with Gasteiger partial charge in [0, 0.05) is 24.2 Å². The third kappa shape index (κ3) is 1.33. The minimum Gasteiger partial charge on any atom is -0.264 e. The Labute approximate surface area is 104 Å². The highest BCUT2D eigenvalue weighted by Gasteiger charge is 2.17. The molecule has 18 heavy (non-hydrogen) atoms. The van der Waals surface area contributed by atoms with E-state index in [2.05, 4.69) is 20.1 Å². The molecule has 0 N–H and O–H groups in total. The van der Waals surface area contributed by atoms with Gasteiger partial charge in [-0.15, -0.1) is 5.10 Å². The van der Waals surface area contributed by atoms with Crippen LogP contribution >= 0.6 is 0 Å². The summed E-state index contributed by atoms with van der Waals surface area (Å²) in [7, 11) is 0. The van der Waals surface area contributed by atoms with Gasteiger partial charge in [0.2, 0.25) is 0 Å². The molecule has 3 heterocycles. The zero-order valence-electron chi connectivity index (χ0n) is 9.74. The van der Waals surface area contributed by atoms with Crippen LogP contribution in [0, 0.1) is 0 Å². The number of aromatic nitrogens is 5. The largest absolute Gasteiger partial charge is 0.264 e. The minimum atomic E-state index is 0.675. The van der Waals surface area contributed by atoms with Gasteiger partial charge in [-0.25, -0.2) is 9.50 Å². The van der Waals surface area contributed by atoms with E-state index in [-0.39, 0.29) is 0 Å². The molecule has 0 saturated carbocycles. The molecule has 5 heteroatoms. The fourth-order valence-corrected chi connectivity index (χ4v) is 2.45. The zero-order valence-corrected chi connectivity index (χ0v) is 9.74. The Balaban J connectivity index is 1.95. The van der Waals surface area contributed by atoms with Crippen molar-refractivity contribution in [3.8, 4) is 11.4 Å².